The highest BCUT2D eigenvalue weighted by molar-refractivity contribution is 5.69. The summed E-state index contributed by atoms with van der Waals surface area (Å²) in [6.45, 7) is 2.19. The largest absolute Gasteiger partial charge is 0.469 e. The van der Waals surface area contributed by atoms with Gasteiger partial charge in [-0.3, -0.25) is 10.1 Å². The van der Waals surface area contributed by atoms with Gasteiger partial charge in [-0.1, -0.05) is 68.4 Å². The van der Waals surface area contributed by atoms with Crippen LogP contribution in [0.5, 0.6) is 0 Å². The first kappa shape index (κ1) is 23.4. The predicted molar refractivity (Wildman–Crippen MR) is 103 cm³/mol. The molecule has 0 aliphatic carbocycles. The van der Waals surface area contributed by atoms with Crippen LogP contribution in [0.3, 0.4) is 0 Å². The summed E-state index contributed by atoms with van der Waals surface area (Å²) in [6.07, 6.45) is 24.2. The molecule has 142 valence electrons. The molecule has 4 nitrogen and oxygen atoms in total. The Bertz CT molecular complexity index is 422. The van der Waals surface area contributed by atoms with Crippen molar-refractivity contribution >= 4 is 5.97 Å². The third-order valence-corrected chi connectivity index (χ3v) is 3.64. The molecule has 0 aromatic carbocycles. The van der Waals surface area contributed by atoms with Crippen LogP contribution in [0.1, 0.15) is 64.7 Å². The first-order chi connectivity index (χ1) is 12.2. The van der Waals surface area contributed by atoms with Crippen molar-refractivity contribution in [2.75, 3.05) is 7.11 Å². The van der Waals surface area contributed by atoms with E-state index in [1.165, 1.54) is 26.4 Å². The van der Waals surface area contributed by atoms with Crippen molar-refractivity contribution in [2.24, 2.45) is 0 Å². The van der Waals surface area contributed by atoms with Gasteiger partial charge in [0.15, 0.2) is 0 Å². The average molecular weight is 350 g/mol. The SMILES string of the molecule is CCCCC/C=C\C[C@@H](/C=C/C=C\C/C=C\CCCC(=O)OC)OO. The van der Waals surface area contributed by atoms with Gasteiger partial charge in [-0.25, -0.2) is 4.89 Å². The van der Waals surface area contributed by atoms with Gasteiger partial charge in [-0.15, -0.1) is 0 Å². The normalized spacial score (nSPS) is 13.6. The molecule has 4 heteroatoms. The predicted octanol–water partition coefficient (Wildman–Crippen LogP) is 5.77. The van der Waals surface area contributed by atoms with Gasteiger partial charge in [0.1, 0.15) is 6.10 Å². The highest BCUT2D eigenvalue weighted by Crippen LogP contribution is 2.04. The zero-order valence-corrected chi connectivity index (χ0v) is 15.7. The van der Waals surface area contributed by atoms with Crippen LogP contribution in [0.4, 0.5) is 0 Å². The van der Waals surface area contributed by atoms with Crippen molar-refractivity contribution in [2.45, 2.75) is 70.8 Å². The summed E-state index contributed by atoms with van der Waals surface area (Å²) in [5, 5.41) is 8.89. The molecule has 0 bridgehead atoms. The lowest BCUT2D eigenvalue weighted by molar-refractivity contribution is -0.264. The van der Waals surface area contributed by atoms with E-state index in [9.17, 15) is 4.79 Å². The summed E-state index contributed by atoms with van der Waals surface area (Å²) in [6, 6.07) is 0. The van der Waals surface area contributed by atoms with E-state index < -0.39 is 0 Å². The number of carbonyl (C=O) groups excluding carboxylic acids is 1. The third-order valence-electron chi connectivity index (χ3n) is 3.64. The van der Waals surface area contributed by atoms with Gasteiger partial charge in [-0.2, -0.15) is 0 Å². The van der Waals surface area contributed by atoms with Gasteiger partial charge in [0.2, 0.25) is 0 Å². The molecule has 0 fully saturated rings. The van der Waals surface area contributed by atoms with Crippen molar-refractivity contribution in [3.8, 4) is 0 Å². The fraction of sp³-hybridized carbons (Fsp3) is 0.571. The van der Waals surface area contributed by atoms with Crippen LogP contribution in [0.2, 0.25) is 0 Å². The van der Waals surface area contributed by atoms with E-state index in [2.05, 4.69) is 40.9 Å². The Balaban J connectivity index is 3.79. The lowest BCUT2D eigenvalue weighted by Crippen LogP contribution is -2.04. The molecule has 1 atom stereocenters. The lowest BCUT2D eigenvalue weighted by Gasteiger charge is -2.04. The number of hydrogen-bond acceptors (Lipinski definition) is 4. The Hall–Kier alpha value is -1.65. The van der Waals surface area contributed by atoms with E-state index in [0.29, 0.717) is 12.8 Å². The highest BCUT2D eigenvalue weighted by Gasteiger charge is 2.00. The van der Waals surface area contributed by atoms with Crippen molar-refractivity contribution < 1.29 is 19.7 Å². The Morgan fingerprint density at radius 3 is 2.48 bits per heavy atom. The Morgan fingerprint density at radius 1 is 1.00 bits per heavy atom. The van der Waals surface area contributed by atoms with E-state index in [-0.39, 0.29) is 12.1 Å². The molecule has 25 heavy (non-hydrogen) atoms. The van der Waals surface area contributed by atoms with Gasteiger partial charge in [-0.05, 0) is 38.5 Å². The quantitative estimate of drug-likeness (QED) is 0.102. The molecular formula is C21H34O4. The van der Waals surface area contributed by atoms with Crippen LogP contribution in [0.25, 0.3) is 0 Å². The summed E-state index contributed by atoms with van der Waals surface area (Å²) in [5.41, 5.74) is 0. The van der Waals surface area contributed by atoms with Crippen molar-refractivity contribution in [3.63, 3.8) is 0 Å². The number of methoxy groups -OCH3 is 1. The first-order valence-corrected chi connectivity index (χ1v) is 9.24. The molecule has 0 aromatic rings. The van der Waals surface area contributed by atoms with Crippen LogP contribution in [-0.2, 0) is 14.4 Å². The summed E-state index contributed by atoms with van der Waals surface area (Å²) in [7, 11) is 1.41. The minimum atomic E-state index is -0.305. The van der Waals surface area contributed by atoms with E-state index >= 15 is 0 Å². The maximum Gasteiger partial charge on any atom is 0.305 e. The fourth-order valence-electron chi connectivity index (χ4n) is 2.12. The molecule has 0 aliphatic rings. The molecule has 0 radical (unpaired) electrons. The molecule has 0 aromatic heterocycles. The molecule has 0 unspecified atom stereocenters. The molecule has 0 spiro atoms. The van der Waals surface area contributed by atoms with Gasteiger partial charge in [0, 0.05) is 6.42 Å². The topological polar surface area (TPSA) is 55.8 Å². The minimum Gasteiger partial charge on any atom is -0.469 e. The zero-order chi connectivity index (χ0) is 18.6. The van der Waals surface area contributed by atoms with Gasteiger partial charge >= 0.3 is 5.97 Å². The Kier molecular flexibility index (Phi) is 17.5. The van der Waals surface area contributed by atoms with Crippen LogP contribution in [0.15, 0.2) is 48.6 Å². The number of unbranched alkanes of at least 4 members (excludes halogenated alkanes) is 4. The van der Waals surface area contributed by atoms with Gasteiger partial charge in [0.25, 0.3) is 0 Å². The molecule has 0 heterocycles. The summed E-state index contributed by atoms with van der Waals surface area (Å²) < 4.78 is 4.58. The first-order valence-electron chi connectivity index (χ1n) is 9.24. The fourth-order valence-corrected chi connectivity index (χ4v) is 2.12. The van der Waals surface area contributed by atoms with Crippen LogP contribution in [-0.4, -0.2) is 24.4 Å². The molecule has 0 saturated carbocycles. The maximum atomic E-state index is 10.9. The second-order valence-corrected chi connectivity index (χ2v) is 5.84. The highest BCUT2D eigenvalue weighted by atomic mass is 17.1. The van der Waals surface area contributed by atoms with Gasteiger partial charge < -0.3 is 4.74 Å². The van der Waals surface area contributed by atoms with E-state index in [0.717, 1.165) is 25.7 Å². The maximum absolute atomic E-state index is 10.9. The van der Waals surface area contributed by atoms with Crippen LogP contribution in [0, 0.1) is 0 Å². The van der Waals surface area contributed by atoms with Crippen molar-refractivity contribution in [1.82, 2.24) is 0 Å². The molecular weight excluding hydrogens is 316 g/mol. The Labute approximate surface area is 152 Å². The summed E-state index contributed by atoms with van der Waals surface area (Å²) in [5.74, 6) is -0.158. The molecule has 0 saturated heterocycles. The van der Waals surface area contributed by atoms with Crippen LogP contribution < -0.4 is 0 Å². The van der Waals surface area contributed by atoms with Gasteiger partial charge in [0.05, 0.1) is 7.11 Å². The minimum absolute atomic E-state index is 0.158. The number of ether oxygens (including phenoxy) is 1. The third kappa shape index (κ3) is 17.0. The van der Waals surface area contributed by atoms with E-state index in [4.69, 9.17) is 5.26 Å². The number of carbonyl (C=O) groups is 1. The standard InChI is InChI=1S/C21H34O4/c1-3-4-5-6-11-14-17-20(25-23)18-15-12-9-7-8-10-13-16-19-21(22)24-2/h8-12,14-15,18,20,23H,3-7,13,16-17,19H2,1-2H3/b10-8-,12-9-,14-11-,18-15+/t20-/m0/s1. The smallest absolute Gasteiger partial charge is 0.305 e. The molecule has 1 N–H and O–H groups in total. The van der Waals surface area contributed by atoms with E-state index in [1.807, 2.05) is 24.3 Å². The number of hydrogen-bond donors (Lipinski definition) is 1. The lowest BCUT2D eigenvalue weighted by atomic mass is 10.1. The van der Waals surface area contributed by atoms with Crippen LogP contribution >= 0.6 is 0 Å². The number of esters is 1. The second kappa shape index (κ2) is 18.7. The zero-order valence-electron chi connectivity index (χ0n) is 15.7. The average Bonchev–Trinajstić information content (AvgIpc) is 2.63. The van der Waals surface area contributed by atoms with Crippen molar-refractivity contribution in [1.29, 1.82) is 0 Å². The van der Waals surface area contributed by atoms with E-state index in [1.54, 1.807) is 0 Å². The van der Waals surface area contributed by atoms with Crippen molar-refractivity contribution in [3.05, 3.63) is 48.6 Å². The number of rotatable bonds is 15. The summed E-state index contributed by atoms with van der Waals surface area (Å²) in [4.78, 5) is 15.4. The second-order valence-electron chi connectivity index (χ2n) is 5.84. The molecule has 0 amide bonds. The number of allylic oxidation sites excluding steroid dienone is 6. The molecule has 0 rings (SSSR count). The summed E-state index contributed by atoms with van der Waals surface area (Å²) >= 11 is 0. The Morgan fingerprint density at radius 2 is 1.76 bits per heavy atom. The molecule has 0 aliphatic heterocycles. The monoisotopic (exact) mass is 350 g/mol.